The summed E-state index contributed by atoms with van der Waals surface area (Å²) in [6.07, 6.45) is 5.75. The quantitative estimate of drug-likeness (QED) is 0.336. The lowest BCUT2D eigenvalue weighted by atomic mass is 9.75. The molecule has 0 saturated heterocycles. The molecule has 7 heteroatoms. The summed E-state index contributed by atoms with van der Waals surface area (Å²) < 4.78 is 13.2. The van der Waals surface area contributed by atoms with E-state index in [9.17, 15) is 9.59 Å². The van der Waals surface area contributed by atoms with Crippen LogP contribution in [0, 0.1) is 5.41 Å². The highest BCUT2D eigenvalue weighted by atomic mass is 16.6. The second kappa shape index (κ2) is 10.1. The van der Waals surface area contributed by atoms with Gasteiger partial charge in [0, 0.05) is 41.5 Å². The van der Waals surface area contributed by atoms with E-state index in [0.717, 1.165) is 30.7 Å². The van der Waals surface area contributed by atoms with Crippen LogP contribution in [-0.4, -0.2) is 42.4 Å². The maximum absolute atomic E-state index is 13.0. The van der Waals surface area contributed by atoms with Crippen molar-refractivity contribution in [2.45, 2.75) is 90.8 Å². The number of nitrogens with zero attached hydrogens (tertiary/aromatic N) is 2. The predicted molar refractivity (Wildman–Crippen MR) is 163 cm³/mol. The number of fused-ring (bicyclic) bond motifs is 4. The third-order valence-electron chi connectivity index (χ3n) is 9.12. The molecule has 6 rings (SSSR count). The van der Waals surface area contributed by atoms with Crippen molar-refractivity contribution in [3.05, 3.63) is 53.1 Å². The molecule has 1 aliphatic carbocycles. The van der Waals surface area contributed by atoms with Crippen LogP contribution in [0.1, 0.15) is 100 Å². The van der Waals surface area contributed by atoms with E-state index >= 15 is 0 Å². The van der Waals surface area contributed by atoms with Gasteiger partial charge in [-0.1, -0.05) is 57.4 Å². The van der Waals surface area contributed by atoms with E-state index in [-0.39, 0.29) is 23.5 Å². The number of aromatic nitrogens is 1. The van der Waals surface area contributed by atoms with Crippen molar-refractivity contribution >= 4 is 28.7 Å². The van der Waals surface area contributed by atoms with E-state index in [0.29, 0.717) is 11.5 Å². The van der Waals surface area contributed by atoms with Gasteiger partial charge in [-0.2, -0.15) is 0 Å². The van der Waals surface area contributed by atoms with Crippen LogP contribution < -0.4 is 10.2 Å². The zero-order valence-electron chi connectivity index (χ0n) is 25.3. The number of alkyl carbamates (subject to hydrolysis) is 1. The molecule has 1 aromatic heterocycles. The second-order valence-electron chi connectivity index (χ2n) is 13.7. The van der Waals surface area contributed by atoms with Gasteiger partial charge in [0.05, 0.1) is 30.1 Å². The van der Waals surface area contributed by atoms with Crippen LogP contribution in [0.3, 0.4) is 0 Å². The Kier molecular flexibility index (Phi) is 6.82. The summed E-state index contributed by atoms with van der Waals surface area (Å²) in [7, 11) is 1.44. The summed E-state index contributed by atoms with van der Waals surface area (Å²) in [5.74, 6) is 0.167. The van der Waals surface area contributed by atoms with E-state index in [1.807, 2.05) is 32.9 Å². The third-order valence-corrected chi connectivity index (χ3v) is 9.12. The maximum Gasteiger partial charge on any atom is 0.408 e. The first kappa shape index (κ1) is 27.7. The highest BCUT2D eigenvalue weighted by Crippen LogP contribution is 2.53. The molecular weight excluding hydrogens is 514 g/mol. The van der Waals surface area contributed by atoms with Gasteiger partial charge in [-0.15, -0.1) is 0 Å². The molecule has 1 atom stereocenters. The monoisotopic (exact) mass is 557 g/mol. The third kappa shape index (κ3) is 4.87. The molecule has 218 valence electrons. The molecule has 3 aliphatic rings. The first-order valence-corrected chi connectivity index (χ1v) is 15.1. The molecule has 0 bridgehead atoms. The van der Waals surface area contributed by atoms with Crippen LogP contribution in [0.2, 0.25) is 0 Å². The SMILES string of the molecule is COC(=O)c1ccc2c(C3CCCCC3)c3n(c2c1)CCN1CC(C)(C)[C@@H](NC(=O)OC(C)(C)C)c2cccc-3c21. The lowest BCUT2D eigenvalue weighted by Gasteiger charge is -2.46. The molecule has 1 amide bonds. The van der Waals surface area contributed by atoms with Gasteiger partial charge in [0.2, 0.25) is 0 Å². The van der Waals surface area contributed by atoms with Crippen molar-refractivity contribution in [2.24, 2.45) is 5.41 Å². The second-order valence-corrected chi connectivity index (χ2v) is 13.7. The number of hydrogen-bond acceptors (Lipinski definition) is 5. The number of ether oxygens (including phenoxy) is 2. The highest BCUT2D eigenvalue weighted by molar-refractivity contribution is 6.00. The summed E-state index contributed by atoms with van der Waals surface area (Å²) >= 11 is 0. The van der Waals surface area contributed by atoms with Crippen molar-refractivity contribution in [1.82, 2.24) is 9.88 Å². The van der Waals surface area contributed by atoms with Gasteiger partial charge in [0.1, 0.15) is 5.60 Å². The van der Waals surface area contributed by atoms with Gasteiger partial charge in [-0.05, 0) is 62.8 Å². The average Bonchev–Trinajstić information content (AvgIpc) is 3.16. The normalized spacial score (nSPS) is 20.1. The number of carbonyl (C=O) groups is 2. The minimum absolute atomic E-state index is 0.191. The first-order valence-electron chi connectivity index (χ1n) is 15.1. The van der Waals surface area contributed by atoms with Gasteiger partial charge < -0.3 is 24.3 Å². The van der Waals surface area contributed by atoms with Crippen LogP contribution in [-0.2, 0) is 16.0 Å². The van der Waals surface area contributed by atoms with Crippen molar-refractivity contribution < 1.29 is 19.1 Å². The van der Waals surface area contributed by atoms with Crippen molar-refractivity contribution in [3.8, 4) is 11.3 Å². The van der Waals surface area contributed by atoms with Crippen LogP contribution in [0.15, 0.2) is 36.4 Å². The predicted octanol–water partition coefficient (Wildman–Crippen LogP) is 7.57. The summed E-state index contributed by atoms with van der Waals surface area (Å²) in [6, 6.07) is 12.4. The molecule has 3 aromatic rings. The first-order chi connectivity index (χ1) is 19.5. The summed E-state index contributed by atoms with van der Waals surface area (Å²) in [5.41, 5.74) is 7.13. The number of para-hydroxylation sites is 1. The molecule has 1 N–H and O–H groups in total. The molecule has 3 heterocycles. The topological polar surface area (TPSA) is 72.8 Å². The van der Waals surface area contributed by atoms with Crippen LogP contribution in [0.25, 0.3) is 22.2 Å². The Hall–Kier alpha value is -3.48. The van der Waals surface area contributed by atoms with E-state index < -0.39 is 5.60 Å². The highest BCUT2D eigenvalue weighted by Gasteiger charge is 2.43. The zero-order valence-corrected chi connectivity index (χ0v) is 25.3. The minimum atomic E-state index is -0.568. The summed E-state index contributed by atoms with van der Waals surface area (Å²) in [6.45, 7) is 12.6. The molecular formula is C34H43N3O4. The number of benzene rings is 2. The summed E-state index contributed by atoms with van der Waals surface area (Å²) in [4.78, 5) is 28.1. The lowest BCUT2D eigenvalue weighted by molar-refractivity contribution is 0.0453. The molecule has 1 saturated carbocycles. The zero-order chi connectivity index (χ0) is 29.1. The molecule has 0 unspecified atom stereocenters. The number of hydrogen-bond donors (Lipinski definition) is 1. The largest absolute Gasteiger partial charge is 0.465 e. The fraction of sp³-hybridized carbons (Fsp3) is 0.529. The number of rotatable bonds is 3. The van der Waals surface area contributed by atoms with E-state index in [2.05, 4.69) is 52.9 Å². The van der Waals surface area contributed by atoms with Gasteiger partial charge in [-0.25, -0.2) is 9.59 Å². The van der Waals surface area contributed by atoms with Crippen molar-refractivity contribution in [2.75, 3.05) is 25.1 Å². The van der Waals surface area contributed by atoms with Crippen LogP contribution in [0.5, 0.6) is 0 Å². The molecule has 2 aromatic carbocycles. The number of carbonyl (C=O) groups excluding carboxylic acids is 2. The van der Waals surface area contributed by atoms with Crippen LogP contribution >= 0.6 is 0 Å². The number of anilines is 1. The molecule has 0 radical (unpaired) electrons. The van der Waals surface area contributed by atoms with Crippen molar-refractivity contribution in [3.63, 3.8) is 0 Å². The summed E-state index contributed by atoms with van der Waals surface area (Å²) in [5, 5.41) is 4.49. The standard InChI is InChI=1S/C34H43N3O4/c1-33(2,3)41-32(39)35-30-25-14-10-13-24-28(25)36(20-34(30,4)5)17-18-37-26-19-22(31(38)40-6)15-16-23(26)27(29(24)37)21-11-8-7-9-12-21/h10,13-16,19,21,30H,7-9,11-12,17-18,20H2,1-6H3,(H,35,39)/t30-/m0/s1. The molecule has 41 heavy (non-hydrogen) atoms. The molecule has 0 spiro atoms. The van der Waals surface area contributed by atoms with Gasteiger partial charge in [0.25, 0.3) is 0 Å². The Morgan fingerprint density at radius 1 is 1.02 bits per heavy atom. The fourth-order valence-corrected chi connectivity index (χ4v) is 7.48. The van der Waals surface area contributed by atoms with E-state index in [4.69, 9.17) is 9.47 Å². The molecule has 2 aliphatic heterocycles. The van der Waals surface area contributed by atoms with Crippen LogP contribution in [0.4, 0.5) is 10.5 Å². The maximum atomic E-state index is 13.0. The smallest absolute Gasteiger partial charge is 0.408 e. The lowest BCUT2D eigenvalue weighted by Crippen LogP contribution is -2.50. The Labute approximate surface area is 243 Å². The van der Waals surface area contributed by atoms with Gasteiger partial charge in [-0.3, -0.25) is 0 Å². The van der Waals surface area contributed by atoms with E-state index in [1.54, 1.807) is 0 Å². The Bertz CT molecular complexity index is 1510. The van der Waals surface area contributed by atoms with Crippen molar-refractivity contribution in [1.29, 1.82) is 0 Å². The average molecular weight is 558 g/mol. The fourth-order valence-electron chi connectivity index (χ4n) is 7.48. The molecule has 7 nitrogen and oxygen atoms in total. The number of methoxy groups -OCH3 is 1. The van der Waals surface area contributed by atoms with Gasteiger partial charge in [0.15, 0.2) is 0 Å². The van der Waals surface area contributed by atoms with E-state index in [1.165, 1.54) is 67.1 Å². The molecule has 1 fully saturated rings. The number of nitrogens with one attached hydrogen (secondary N) is 1. The minimum Gasteiger partial charge on any atom is -0.465 e. The Morgan fingerprint density at radius 3 is 2.49 bits per heavy atom. The number of esters is 1. The number of amides is 1. The Balaban J connectivity index is 1.56. The van der Waals surface area contributed by atoms with Gasteiger partial charge >= 0.3 is 12.1 Å². The Morgan fingerprint density at radius 2 is 1.78 bits per heavy atom.